The van der Waals surface area contributed by atoms with Crippen LogP contribution in [0.3, 0.4) is 0 Å². The normalized spacial score (nSPS) is 10.6. The molecule has 2 rings (SSSR count). The quantitative estimate of drug-likeness (QED) is 0.753. The third kappa shape index (κ3) is 4.58. The first-order chi connectivity index (χ1) is 10.6. The molecule has 1 aromatic heterocycles. The average Bonchev–Trinajstić information content (AvgIpc) is 2.93. The lowest BCUT2D eigenvalue weighted by molar-refractivity contribution is -0.132. The van der Waals surface area contributed by atoms with E-state index in [4.69, 9.17) is 9.52 Å². The van der Waals surface area contributed by atoms with Gasteiger partial charge in [0.15, 0.2) is 5.89 Å². The topological polar surface area (TPSA) is 63.3 Å². The number of unbranched alkanes of at least 4 members (excludes halogenated alkanes) is 1. The van der Waals surface area contributed by atoms with Crippen molar-refractivity contribution >= 4 is 5.97 Å². The SMILES string of the molecule is C=C(Cc1nc(Cc2ccc(CCCC)cc2)co1)C(=O)O. The van der Waals surface area contributed by atoms with Crippen LogP contribution in [0.2, 0.25) is 0 Å². The Labute approximate surface area is 130 Å². The van der Waals surface area contributed by atoms with Crippen molar-refractivity contribution < 1.29 is 14.3 Å². The summed E-state index contributed by atoms with van der Waals surface area (Å²) in [6.45, 7) is 5.67. The molecule has 22 heavy (non-hydrogen) atoms. The van der Waals surface area contributed by atoms with Gasteiger partial charge in [0, 0.05) is 12.0 Å². The molecule has 0 saturated carbocycles. The maximum atomic E-state index is 10.7. The zero-order valence-electron chi connectivity index (χ0n) is 12.8. The molecule has 1 heterocycles. The number of hydrogen-bond donors (Lipinski definition) is 1. The van der Waals surface area contributed by atoms with E-state index in [0.29, 0.717) is 12.3 Å². The van der Waals surface area contributed by atoms with Gasteiger partial charge in [-0.2, -0.15) is 0 Å². The van der Waals surface area contributed by atoms with Crippen molar-refractivity contribution in [2.75, 3.05) is 0 Å². The molecule has 0 amide bonds. The minimum atomic E-state index is -1.03. The number of nitrogens with zero attached hydrogens (tertiary/aromatic N) is 1. The lowest BCUT2D eigenvalue weighted by Gasteiger charge is -2.02. The maximum Gasteiger partial charge on any atom is 0.331 e. The highest BCUT2D eigenvalue weighted by molar-refractivity contribution is 5.86. The number of carboxylic acids is 1. The van der Waals surface area contributed by atoms with Gasteiger partial charge < -0.3 is 9.52 Å². The molecule has 2 aromatic rings. The van der Waals surface area contributed by atoms with Gasteiger partial charge in [0.25, 0.3) is 0 Å². The summed E-state index contributed by atoms with van der Waals surface area (Å²) in [5, 5.41) is 8.80. The van der Waals surface area contributed by atoms with Gasteiger partial charge in [-0.3, -0.25) is 0 Å². The number of aliphatic carboxylic acids is 1. The molecule has 0 aliphatic rings. The molecule has 0 saturated heterocycles. The number of aromatic nitrogens is 1. The van der Waals surface area contributed by atoms with Crippen molar-refractivity contribution in [1.82, 2.24) is 4.98 Å². The lowest BCUT2D eigenvalue weighted by Crippen LogP contribution is -2.02. The van der Waals surface area contributed by atoms with Gasteiger partial charge in [0.1, 0.15) is 6.26 Å². The van der Waals surface area contributed by atoms with E-state index in [1.807, 2.05) is 0 Å². The number of rotatable bonds is 8. The van der Waals surface area contributed by atoms with Crippen molar-refractivity contribution in [3.63, 3.8) is 0 Å². The zero-order valence-corrected chi connectivity index (χ0v) is 12.8. The molecule has 0 fully saturated rings. The Morgan fingerprint density at radius 3 is 2.59 bits per heavy atom. The summed E-state index contributed by atoms with van der Waals surface area (Å²) in [7, 11) is 0. The van der Waals surface area contributed by atoms with Crippen LogP contribution in [0.15, 0.2) is 47.1 Å². The van der Waals surface area contributed by atoms with Gasteiger partial charge in [-0.05, 0) is 24.0 Å². The van der Waals surface area contributed by atoms with E-state index in [2.05, 4.69) is 42.8 Å². The average molecular weight is 299 g/mol. The monoisotopic (exact) mass is 299 g/mol. The fourth-order valence-electron chi connectivity index (χ4n) is 2.18. The van der Waals surface area contributed by atoms with Crippen LogP contribution in [-0.4, -0.2) is 16.1 Å². The summed E-state index contributed by atoms with van der Waals surface area (Å²) >= 11 is 0. The van der Waals surface area contributed by atoms with Crippen LogP contribution in [0.4, 0.5) is 0 Å². The number of benzene rings is 1. The third-order valence-electron chi connectivity index (χ3n) is 3.49. The second-order valence-corrected chi connectivity index (χ2v) is 5.41. The Morgan fingerprint density at radius 2 is 1.95 bits per heavy atom. The predicted molar refractivity (Wildman–Crippen MR) is 84.8 cm³/mol. The van der Waals surface area contributed by atoms with E-state index in [-0.39, 0.29) is 12.0 Å². The van der Waals surface area contributed by atoms with E-state index in [1.54, 1.807) is 6.26 Å². The Morgan fingerprint density at radius 1 is 1.27 bits per heavy atom. The molecule has 0 radical (unpaired) electrons. The van der Waals surface area contributed by atoms with Crippen LogP contribution in [0.25, 0.3) is 0 Å². The maximum absolute atomic E-state index is 10.7. The summed E-state index contributed by atoms with van der Waals surface area (Å²) in [6.07, 6.45) is 5.91. The molecule has 0 atom stereocenters. The minimum Gasteiger partial charge on any atom is -0.478 e. The highest BCUT2D eigenvalue weighted by Crippen LogP contribution is 2.14. The van der Waals surface area contributed by atoms with Crippen molar-refractivity contribution in [2.45, 2.75) is 39.0 Å². The molecule has 1 N–H and O–H groups in total. The summed E-state index contributed by atoms with van der Waals surface area (Å²) in [5.74, 6) is -0.635. The number of aryl methyl sites for hydroxylation is 1. The standard InChI is InChI=1S/C18H21NO3/c1-3-4-5-14-6-8-15(9-7-14)11-16-12-22-17(19-16)10-13(2)18(20)21/h6-9,12H,2-5,10-11H2,1H3,(H,20,21). The molecule has 0 spiro atoms. The van der Waals surface area contributed by atoms with Crippen molar-refractivity contribution in [3.8, 4) is 0 Å². The van der Waals surface area contributed by atoms with Crippen molar-refractivity contribution in [2.24, 2.45) is 0 Å². The molecule has 0 aliphatic heterocycles. The van der Waals surface area contributed by atoms with E-state index < -0.39 is 5.97 Å². The summed E-state index contributed by atoms with van der Waals surface area (Å²) in [4.78, 5) is 15.0. The van der Waals surface area contributed by atoms with Crippen LogP contribution in [0.5, 0.6) is 0 Å². The molecule has 0 bridgehead atoms. The predicted octanol–water partition coefficient (Wildman–Crippen LogP) is 3.79. The summed E-state index contributed by atoms with van der Waals surface area (Å²) in [5.41, 5.74) is 3.39. The first-order valence-electron chi connectivity index (χ1n) is 7.50. The largest absolute Gasteiger partial charge is 0.478 e. The van der Waals surface area contributed by atoms with Gasteiger partial charge >= 0.3 is 5.97 Å². The first kappa shape index (κ1) is 16.0. The number of carboxylic acid groups (broad SMARTS) is 1. The third-order valence-corrected chi connectivity index (χ3v) is 3.49. The molecular weight excluding hydrogens is 278 g/mol. The van der Waals surface area contributed by atoms with Crippen LogP contribution in [-0.2, 0) is 24.1 Å². The molecule has 116 valence electrons. The Hall–Kier alpha value is -2.36. The van der Waals surface area contributed by atoms with Crippen molar-refractivity contribution in [1.29, 1.82) is 0 Å². The van der Waals surface area contributed by atoms with Crippen LogP contribution < -0.4 is 0 Å². The van der Waals surface area contributed by atoms with E-state index in [1.165, 1.54) is 18.4 Å². The lowest BCUT2D eigenvalue weighted by atomic mass is 10.0. The van der Waals surface area contributed by atoms with Crippen LogP contribution >= 0.6 is 0 Å². The number of carbonyl (C=O) groups is 1. The van der Waals surface area contributed by atoms with Crippen molar-refractivity contribution in [3.05, 3.63) is 65.4 Å². The van der Waals surface area contributed by atoms with E-state index >= 15 is 0 Å². The molecule has 4 nitrogen and oxygen atoms in total. The van der Waals surface area contributed by atoms with Gasteiger partial charge in [-0.1, -0.05) is 44.2 Å². The molecule has 0 unspecified atom stereocenters. The van der Waals surface area contributed by atoms with Crippen LogP contribution in [0, 0.1) is 0 Å². The molecular formula is C18H21NO3. The number of hydrogen-bond acceptors (Lipinski definition) is 3. The smallest absolute Gasteiger partial charge is 0.331 e. The van der Waals surface area contributed by atoms with Gasteiger partial charge in [0.2, 0.25) is 0 Å². The molecule has 4 heteroatoms. The van der Waals surface area contributed by atoms with Gasteiger partial charge in [0.05, 0.1) is 12.1 Å². The summed E-state index contributed by atoms with van der Waals surface area (Å²) in [6, 6.07) is 8.52. The highest BCUT2D eigenvalue weighted by Gasteiger charge is 2.10. The van der Waals surface area contributed by atoms with E-state index in [0.717, 1.165) is 17.7 Å². The first-order valence-corrected chi connectivity index (χ1v) is 7.50. The minimum absolute atomic E-state index is 0.0775. The Kier molecular flexibility index (Phi) is 5.53. The van der Waals surface area contributed by atoms with Crippen LogP contribution in [0.1, 0.15) is 42.5 Å². The highest BCUT2D eigenvalue weighted by atomic mass is 16.4. The van der Waals surface area contributed by atoms with Gasteiger partial charge in [-0.15, -0.1) is 0 Å². The van der Waals surface area contributed by atoms with E-state index in [9.17, 15) is 4.79 Å². The Bertz CT molecular complexity index is 641. The molecule has 1 aromatic carbocycles. The van der Waals surface area contributed by atoms with Gasteiger partial charge in [-0.25, -0.2) is 9.78 Å². The Balaban J connectivity index is 1.95. The zero-order chi connectivity index (χ0) is 15.9. The fraction of sp³-hybridized carbons (Fsp3) is 0.333. The molecule has 0 aliphatic carbocycles. The number of oxazole rings is 1. The fourth-order valence-corrected chi connectivity index (χ4v) is 2.18. The summed E-state index contributed by atoms with van der Waals surface area (Å²) < 4.78 is 5.30. The second-order valence-electron chi connectivity index (χ2n) is 5.41. The second kappa shape index (κ2) is 7.59.